The number of hydrogen-bond acceptors (Lipinski definition) is 8. The van der Waals surface area contributed by atoms with E-state index in [1.54, 1.807) is 12.3 Å². The maximum absolute atomic E-state index is 13.5. The molecule has 3 aliphatic rings. The minimum absolute atomic E-state index is 0.100. The van der Waals surface area contributed by atoms with Crippen LogP contribution >= 0.6 is 11.6 Å². The van der Waals surface area contributed by atoms with Gasteiger partial charge in [-0.2, -0.15) is 19.0 Å². The Balaban J connectivity index is 1.05. The zero-order valence-electron chi connectivity index (χ0n) is 26.0. The van der Waals surface area contributed by atoms with Gasteiger partial charge in [0.15, 0.2) is 5.65 Å². The van der Waals surface area contributed by atoms with Crippen molar-refractivity contribution in [3.8, 4) is 17.0 Å². The number of nitrogens with zero attached hydrogens (tertiary/aromatic N) is 8. The summed E-state index contributed by atoms with van der Waals surface area (Å²) in [4.78, 5) is 49.3. The number of anilines is 1. The van der Waals surface area contributed by atoms with Crippen molar-refractivity contribution in [2.24, 2.45) is 11.8 Å². The van der Waals surface area contributed by atoms with Crippen molar-refractivity contribution >= 4 is 40.7 Å². The van der Waals surface area contributed by atoms with E-state index < -0.39 is 12.5 Å². The molecule has 13 nitrogen and oxygen atoms in total. The number of carbonyl (C=O) groups is 3. The number of carbonyl (C=O) groups excluding carboxylic acids is 3. The van der Waals surface area contributed by atoms with E-state index in [2.05, 4.69) is 25.4 Å². The Morgan fingerprint density at radius 3 is 2.69 bits per heavy atom. The van der Waals surface area contributed by atoms with Crippen LogP contribution in [0.4, 0.5) is 14.5 Å². The molecule has 6 heterocycles. The molecule has 7 rings (SSSR count). The molecule has 2 unspecified atom stereocenters. The van der Waals surface area contributed by atoms with Gasteiger partial charge in [0.2, 0.25) is 11.8 Å². The van der Waals surface area contributed by atoms with Crippen molar-refractivity contribution in [2.45, 2.75) is 32.4 Å². The molecule has 3 aliphatic heterocycles. The van der Waals surface area contributed by atoms with E-state index in [-0.39, 0.29) is 51.6 Å². The Morgan fingerprint density at radius 2 is 1.94 bits per heavy atom. The fourth-order valence-corrected chi connectivity index (χ4v) is 7.17. The molecule has 0 bridgehead atoms. The van der Waals surface area contributed by atoms with E-state index >= 15 is 0 Å². The van der Waals surface area contributed by atoms with Crippen molar-refractivity contribution in [2.75, 3.05) is 51.1 Å². The molecule has 0 spiro atoms. The Kier molecular flexibility index (Phi) is 8.96. The fraction of sp³-hybridized carbons (Fsp3) is 0.438. The maximum Gasteiger partial charge on any atom is 0.387 e. The van der Waals surface area contributed by atoms with Crippen molar-refractivity contribution in [1.29, 1.82) is 0 Å². The molecular weight excluding hydrogens is 648 g/mol. The molecule has 2 atom stereocenters. The van der Waals surface area contributed by atoms with Gasteiger partial charge in [0, 0.05) is 74.9 Å². The molecular formula is C32H34ClF2N9O4. The van der Waals surface area contributed by atoms with Crippen LogP contribution in [0, 0.1) is 11.8 Å². The summed E-state index contributed by atoms with van der Waals surface area (Å²) in [7, 11) is 0. The van der Waals surface area contributed by atoms with Crippen LogP contribution in [-0.4, -0.2) is 109 Å². The SMILES string of the molecule is O=C(Nc1cn(CC(=O)N2CC3CN(CCCN4CCCC4=O)CC3C2)nc1-c1cc(Cl)ccc1OC(F)F)c1cnn2cccnc12. The summed E-state index contributed by atoms with van der Waals surface area (Å²) in [5, 5.41) is 11.7. The minimum atomic E-state index is -3.11. The van der Waals surface area contributed by atoms with Crippen LogP contribution in [0.2, 0.25) is 5.02 Å². The van der Waals surface area contributed by atoms with Gasteiger partial charge in [-0.1, -0.05) is 11.6 Å². The zero-order chi connectivity index (χ0) is 33.4. The highest BCUT2D eigenvalue weighted by molar-refractivity contribution is 6.31. The van der Waals surface area contributed by atoms with Gasteiger partial charge in [-0.05, 0) is 55.5 Å². The number of alkyl halides is 2. The number of aromatic nitrogens is 5. The number of fused-ring (bicyclic) bond motifs is 2. The number of nitrogens with one attached hydrogen (secondary N) is 1. The highest BCUT2D eigenvalue weighted by Gasteiger charge is 2.41. The molecule has 3 fully saturated rings. The van der Waals surface area contributed by atoms with E-state index in [1.807, 2.05) is 9.80 Å². The number of rotatable bonds is 11. The summed E-state index contributed by atoms with van der Waals surface area (Å²) >= 11 is 6.24. The van der Waals surface area contributed by atoms with Gasteiger partial charge in [0.1, 0.15) is 23.6 Å². The molecule has 1 aromatic carbocycles. The van der Waals surface area contributed by atoms with E-state index in [1.165, 1.54) is 46.0 Å². The molecule has 1 N–H and O–H groups in total. The van der Waals surface area contributed by atoms with Gasteiger partial charge in [-0.3, -0.25) is 19.1 Å². The third kappa shape index (κ3) is 6.69. The predicted molar refractivity (Wildman–Crippen MR) is 171 cm³/mol. The first-order chi connectivity index (χ1) is 23.2. The number of benzene rings is 1. The predicted octanol–water partition coefficient (Wildman–Crippen LogP) is 3.50. The van der Waals surface area contributed by atoms with E-state index in [0.717, 1.165) is 45.6 Å². The maximum atomic E-state index is 13.5. The van der Waals surface area contributed by atoms with Gasteiger partial charge in [-0.15, -0.1) is 0 Å². The normalized spacial score (nSPS) is 19.5. The Labute approximate surface area is 279 Å². The van der Waals surface area contributed by atoms with Crippen LogP contribution in [0.15, 0.2) is 49.1 Å². The first-order valence-corrected chi connectivity index (χ1v) is 16.3. The molecule has 0 radical (unpaired) electrons. The zero-order valence-corrected chi connectivity index (χ0v) is 26.7. The molecule has 3 amide bonds. The molecule has 252 valence electrons. The average Bonchev–Trinajstić information content (AvgIpc) is 3.88. The lowest BCUT2D eigenvalue weighted by atomic mass is 10.0. The lowest BCUT2D eigenvalue weighted by molar-refractivity contribution is -0.131. The standard InChI is InChI=1S/C32H34ClF2N9O4/c33-22-5-6-26(48-32(34)35)23(12-22)29-25(38-31(47)24-13-37-44-11-2-7-36-30(24)44)18-43(39-29)19-28(46)42-16-20-14-40(15-21(20)17-42)8-3-10-41-9-1-4-27(41)45/h2,5-7,11-13,18,20-21,32H,1,3-4,8-10,14-17,19H2,(H,38,47). The molecule has 16 heteroatoms. The summed E-state index contributed by atoms with van der Waals surface area (Å²) in [5.41, 5.74) is 0.885. The second kappa shape index (κ2) is 13.5. The van der Waals surface area contributed by atoms with Crippen LogP contribution < -0.4 is 10.1 Å². The number of ether oxygens (including phenoxy) is 1. The lowest BCUT2D eigenvalue weighted by Gasteiger charge is -2.23. The number of likely N-dealkylation sites (tertiary alicyclic amines) is 3. The number of halogens is 3. The molecule has 0 aliphatic carbocycles. The second-order valence-corrected chi connectivity index (χ2v) is 12.9. The van der Waals surface area contributed by atoms with Gasteiger partial charge >= 0.3 is 6.61 Å². The van der Waals surface area contributed by atoms with E-state index in [9.17, 15) is 23.2 Å². The van der Waals surface area contributed by atoms with Crippen LogP contribution in [0.3, 0.4) is 0 Å². The smallest absolute Gasteiger partial charge is 0.387 e. The summed E-state index contributed by atoms with van der Waals surface area (Å²) in [5.74, 6) is 0.0921. The molecule has 48 heavy (non-hydrogen) atoms. The Bertz CT molecular complexity index is 1830. The minimum Gasteiger partial charge on any atom is -0.434 e. The van der Waals surface area contributed by atoms with Crippen LogP contribution in [-0.2, 0) is 16.1 Å². The van der Waals surface area contributed by atoms with Crippen LogP contribution in [0.25, 0.3) is 16.9 Å². The molecule has 4 aromatic rings. The second-order valence-electron chi connectivity index (χ2n) is 12.4. The van der Waals surface area contributed by atoms with Gasteiger partial charge in [-0.25, -0.2) is 9.50 Å². The number of amides is 3. The van der Waals surface area contributed by atoms with Gasteiger partial charge in [0.05, 0.1) is 11.9 Å². The van der Waals surface area contributed by atoms with Crippen molar-refractivity contribution in [1.82, 2.24) is 39.1 Å². The van der Waals surface area contributed by atoms with E-state index in [0.29, 0.717) is 37.0 Å². The number of hydrogen-bond donors (Lipinski definition) is 1. The lowest BCUT2D eigenvalue weighted by Crippen LogP contribution is -2.36. The highest BCUT2D eigenvalue weighted by atomic mass is 35.5. The van der Waals surface area contributed by atoms with Crippen molar-refractivity contribution in [3.05, 3.63) is 59.6 Å². The van der Waals surface area contributed by atoms with Crippen molar-refractivity contribution < 1.29 is 27.9 Å². The summed E-state index contributed by atoms with van der Waals surface area (Å²) in [6.07, 6.45) is 8.59. The molecule has 0 saturated carbocycles. The summed E-state index contributed by atoms with van der Waals surface area (Å²) in [6.45, 7) is 2.42. The third-order valence-electron chi connectivity index (χ3n) is 9.23. The van der Waals surface area contributed by atoms with E-state index in [4.69, 9.17) is 16.3 Å². The average molecular weight is 682 g/mol. The largest absolute Gasteiger partial charge is 0.434 e. The monoisotopic (exact) mass is 681 g/mol. The van der Waals surface area contributed by atoms with Gasteiger partial charge in [0.25, 0.3) is 5.91 Å². The Hall–Kier alpha value is -4.63. The molecule has 3 aromatic heterocycles. The van der Waals surface area contributed by atoms with Crippen molar-refractivity contribution in [3.63, 3.8) is 0 Å². The third-order valence-corrected chi connectivity index (χ3v) is 9.47. The summed E-state index contributed by atoms with van der Waals surface area (Å²) in [6, 6.07) is 5.80. The first kappa shape index (κ1) is 31.9. The highest BCUT2D eigenvalue weighted by Crippen LogP contribution is 2.37. The van der Waals surface area contributed by atoms with Crippen LogP contribution in [0.5, 0.6) is 5.75 Å². The Morgan fingerprint density at radius 1 is 1.12 bits per heavy atom. The summed E-state index contributed by atoms with van der Waals surface area (Å²) < 4.78 is 34.3. The topological polar surface area (TPSA) is 130 Å². The van der Waals surface area contributed by atoms with Gasteiger partial charge < -0.3 is 24.8 Å². The van der Waals surface area contributed by atoms with Crippen LogP contribution in [0.1, 0.15) is 29.6 Å². The first-order valence-electron chi connectivity index (χ1n) is 15.9. The quantitative estimate of drug-likeness (QED) is 0.255. The fourth-order valence-electron chi connectivity index (χ4n) is 7.00. The molecule has 3 saturated heterocycles.